The zero-order valence-corrected chi connectivity index (χ0v) is 20.1. The van der Waals surface area contributed by atoms with Crippen LogP contribution in [-0.2, 0) is 4.79 Å². The van der Waals surface area contributed by atoms with Crippen LogP contribution in [0.2, 0.25) is 0 Å². The van der Waals surface area contributed by atoms with Gasteiger partial charge in [-0.1, -0.05) is 18.2 Å². The highest BCUT2D eigenvalue weighted by molar-refractivity contribution is 5.81. The number of benzene rings is 2. The zero-order chi connectivity index (χ0) is 23.5. The van der Waals surface area contributed by atoms with Gasteiger partial charge in [0.1, 0.15) is 5.75 Å². The van der Waals surface area contributed by atoms with Crippen molar-refractivity contribution in [3.8, 4) is 17.0 Å². The summed E-state index contributed by atoms with van der Waals surface area (Å²) in [6, 6.07) is 16.3. The quantitative estimate of drug-likeness (QED) is 0.580. The van der Waals surface area contributed by atoms with Gasteiger partial charge in [0.25, 0.3) is 5.91 Å². The molecule has 1 atom stereocenters. The number of nitrogens with zero attached hydrogens (tertiary/aromatic N) is 4. The molecule has 0 aliphatic carbocycles. The van der Waals surface area contributed by atoms with E-state index in [1.54, 1.807) is 0 Å². The first-order valence-electron chi connectivity index (χ1n) is 11.5. The maximum atomic E-state index is 12.9. The lowest BCUT2D eigenvalue weighted by molar-refractivity contribution is -0.138. The normalized spacial score (nSPS) is 14.8. The number of carbonyl (C=O) groups excluding carboxylic acids is 1. The summed E-state index contributed by atoms with van der Waals surface area (Å²) in [6.45, 7) is 12.9. The largest absolute Gasteiger partial charge is 0.481 e. The molecule has 1 aliphatic heterocycles. The van der Waals surface area contributed by atoms with Gasteiger partial charge in [0, 0.05) is 31.7 Å². The molecule has 0 spiro atoms. The number of hydrogen-bond acceptors (Lipinski definition) is 5. The van der Waals surface area contributed by atoms with Crippen LogP contribution in [0.1, 0.15) is 29.2 Å². The van der Waals surface area contributed by atoms with E-state index in [1.807, 2.05) is 49.1 Å². The van der Waals surface area contributed by atoms with Gasteiger partial charge in [0.15, 0.2) is 11.9 Å². The molecule has 2 heterocycles. The van der Waals surface area contributed by atoms with Gasteiger partial charge < -0.3 is 14.5 Å². The number of amides is 1. The second-order valence-electron chi connectivity index (χ2n) is 8.89. The fourth-order valence-corrected chi connectivity index (χ4v) is 4.00. The monoisotopic (exact) mass is 444 g/mol. The Morgan fingerprint density at radius 2 is 1.48 bits per heavy atom. The van der Waals surface area contributed by atoms with Crippen LogP contribution in [0.5, 0.6) is 5.75 Å². The van der Waals surface area contributed by atoms with Crippen molar-refractivity contribution in [2.45, 2.75) is 40.7 Å². The third kappa shape index (κ3) is 5.16. The third-order valence-electron chi connectivity index (χ3n) is 6.51. The molecule has 33 heavy (non-hydrogen) atoms. The number of rotatable bonds is 5. The van der Waals surface area contributed by atoms with Gasteiger partial charge in [-0.15, -0.1) is 10.2 Å². The van der Waals surface area contributed by atoms with E-state index in [0.29, 0.717) is 13.1 Å². The van der Waals surface area contributed by atoms with Crippen molar-refractivity contribution in [3.05, 3.63) is 70.8 Å². The molecule has 1 saturated heterocycles. The SMILES string of the molecule is Cc1ccc(OC(C)C(=O)N2CCN(c3ccc(-c4ccc(C)c(C)c4)nn3)CC2)cc1C. The molecule has 1 fully saturated rings. The van der Waals surface area contributed by atoms with Crippen molar-refractivity contribution in [3.63, 3.8) is 0 Å². The van der Waals surface area contributed by atoms with Crippen LogP contribution in [0.4, 0.5) is 5.82 Å². The lowest BCUT2D eigenvalue weighted by Gasteiger charge is -2.36. The summed E-state index contributed by atoms with van der Waals surface area (Å²) in [5.74, 6) is 1.59. The molecule has 1 unspecified atom stereocenters. The molecule has 0 saturated carbocycles. The molecule has 1 aromatic heterocycles. The number of piperazine rings is 1. The topological polar surface area (TPSA) is 58.6 Å². The number of hydrogen-bond donors (Lipinski definition) is 0. The van der Waals surface area contributed by atoms with E-state index in [0.717, 1.165) is 41.5 Å². The predicted molar refractivity (Wildman–Crippen MR) is 132 cm³/mol. The minimum Gasteiger partial charge on any atom is -0.481 e. The molecule has 2 aromatic carbocycles. The van der Waals surface area contributed by atoms with Crippen LogP contribution in [0.3, 0.4) is 0 Å². The fraction of sp³-hybridized carbons (Fsp3) is 0.370. The Kier molecular flexibility index (Phi) is 6.63. The van der Waals surface area contributed by atoms with E-state index in [-0.39, 0.29) is 5.91 Å². The van der Waals surface area contributed by atoms with E-state index in [9.17, 15) is 4.79 Å². The molecule has 6 heteroatoms. The van der Waals surface area contributed by atoms with Crippen LogP contribution in [0, 0.1) is 27.7 Å². The minimum atomic E-state index is -0.518. The van der Waals surface area contributed by atoms with Gasteiger partial charge in [-0.2, -0.15) is 0 Å². The van der Waals surface area contributed by atoms with Gasteiger partial charge in [0.2, 0.25) is 0 Å². The van der Waals surface area contributed by atoms with E-state index >= 15 is 0 Å². The first kappa shape index (κ1) is 22.8. The van der Waals surface area contributed by atoms with E-state index in [1.165, 1.54) is 16.7 Å². The molecule has 4 rings (SSSR count). The van der Waals surface area contributed by atoms with Crippen LogP contribution in [0.15, 0.2) is 48.5 Å². The van der Waals surface area contributed by atoms with E-state index < -0.39 is 6.10 Å². The Morgan fingerprint density at radius 3 is 2.09 bits per heavy atom. The van der Waals surface area contributed by atoms with Crippen molar-refractivity contribution >= 4 is 11.7 Å². The van der Waals surface area contributed by atoms with Crippen LogP contribution in [0.25, 0.3) is 11.3 Å². The van der Waals surface area contributed by atoms with Crippen molar-refractivity contribution < 1.29 is 9.53 Å². The second-order valence-corrected chi connectivity index (χ2v) is 8.89. The summed E-state index contributed by atoms with van der Waals surface area (Å²) < 4.78 is 5.92. The average molecular weight is 445 g/mol. The molecule has 1 aliphatic rings. The Morgan fingerprint density at radius 1 is 0.818 bits per heavy atom. The Bertz CT molecular complexity index is 1140. The maximum absolute atomic E-state index is 12.9. The number of aryl methyl sites for hydroxylation is 4. The van der Waals surface area contributed by atoms with Gasteiger partial charge in [-0.05, 0) is 87.2 Å². The molecule has 6 nitrogen and oxygen atoms in total. The molecule has 0 radical (unpaired) electrons. The number of ether oxygens (including phenoxy) is 1. The zero-order valence-electron chi connectivity index (χ0n) is 20.1. The molecule has 3 aromatic rings. The van der Waals surface area contributed by atoms with Crippen LogP contribution in [-0.4, -0.2) is 53.3 Å². The van der Waals surface area contributed by atoms with E-state index in [4.69, 9.17) is 4.74 Å². The lowest BCUT2D eigenvalue weighted by Crippen LogP contribution is -2.52. The van der Waals surface area contributed by atoms with Gasteiger partial charge in [-0.3, -0.25) is 4.79 Å². The van der Waals surface area contributed by atoms with Gasteiger partial charge in [0.05, 0.1) is 5.69 Å². The summed E-state index contributed by atoms with van der Waals surface area (Å²) >= 11 is 0. The summed E-state index contributed by atoms with van der Waals surface area (Å²) in [5.41, 5.74) is 6.82. The summed E-state index contributed by atoms with van der Waals surface area (Å²) in [4.78, 5) is 17.0. The molecule has 172 valence electrons. The summed E-state index contributed by atoms with van der Waals surface area (Å²) in [7, 11) is 0. The predicted octanol–water partition coefficient (Wildman–Crippen LogP) is 4.49. The van der Waals surface area contributed by atoms with Crippen molar-refractivity contribution in [2.75, 3.05) is 31.1 Å². The third-order valence-corrected chi connectivity index (χ3v) is 6.51. The van der Waals surface area contributed by atoms with Crippen molar-refractivity contribution in [1.29, 1.82) is 0 Å². The molecule has 0 N–H and O–H groups in total. The number of aromatic nitrogens is 2. The minimum absolute atomic E-state index is 0.0176. The fourth-order valence-electron chi connectivity index (χ4n) is 4.00. The highest BCUT2D eigenvalue weighted by atomic mass is 16.5. The number of carbonyl (C=O) groups is 1. The highest BCUT2D eigenvalue weighted by Crippen LogP contribution is 2.22. The highest BCUT2D eigenvalue weighted by Gasteiger charge is 2.26. The first-order chi connectivity index (χ1) is 15.8. The lowest BCUT2D eigenvalue weighted by atomic mass is 10.0. The average Bonchev–Trinajstić information content (AvgIpc) is 2.83. The summed E-state index contributed by atoms with van der Waals surface area (Å²) in [5, 5.41) is 8.90. The Labute approximate surface area is 196 Å². The van der Waals surface area contributed by atoms with Crippen LogP contribution >= 0.6 is 0 Å². The van der Waals surface area contributed by atoms with Gasteiger partial charge >= 0.3 is 0 Å². The second kappa shape index (κ2) is 9.61. The Balaban J connectivity index is 1.33. The molecule has 0 bridgehead atoms. The van der Waals surface area contributed by atoms with Gasteiger partial charge in [-0.25, -0.2) is 0 Å². The molecular formula is C27H32N4O2. The first-order valence-corrected chi connectivity index (χ1v) is 11.5. The van der Waals surface area contributed by atoms with Crippen LogP contribution < -0.4 is 9.64 Å². The molecular weight excluding hydrogens is 412 g/mol. The van der Waals surface area contributed by atoms with Crippen molar-refractivity contribution in [1.82, 2.24) is 15.1 Å². The standard InChI is InChI=1S/C27H32N4O2/c1-18-6-8-23(16-20(18)3)25-10-11-26(29-28-25)30-12-14-31(15-13-30)27(32)22(5)33-24-9-7-19(2)21(4)17-24/h6-11,16-17,22H,12-15H2,1-5H3. The number of anilines is 1. The Hall–Kier alpha value is -3.41. The van der Waals surface area contributed by atoms with E-state index in [2.05, 4.69) is 54.1 Å². The smallest absolute Gasteiger partial charge is 0.263 e. The molecule has 1 amide bonds. The summed E-state index contributed by atoms with van der Waals surface area (Å²) in [6.07, 6.45) is -0.518. The van der Waals surface area contributed by atoms with Crippen molar-refractivity contribution in [2.24, 2.45) is 0 Å². The maximum Gasteiger partial charge on any atom is 0.263 e.